The maximum Gasteiger partial charge on any atom is 0.222 e. The van der Waals surface area contributed by atoms with E-state index in [1.807, 2.05) is 23.1 Å². The predicted octanol–water partition coefficient (Wildman–Crippen LogP) is 2.52. The van der Waals surface area contributed by atoms with Gasteiger partial charge in [-0.3, -0.25) is 4.79 Å². The summed E-state index contributed by atoms with van der Waals surface area (Å²) in [7, 11) is -2.90. The molecule has 0 N–H and O–H groups in total. The second-order valence-electron chi connectivity index (χ2n) is 6.57. The molecule has 0 unspecified atom stereocenters. The summed E-state index contributed by atoms with van der Waals surface area (Å²) >= 11 is 0. The Morgan fingerprint density at radius 2 is 1.87 bits per heavy atom. The molecule has 3 rings (SSSR count). The molecule has 4 nitrogen and oxygen atoms in total. The fourth-order valence-electron chi connectivity index (χ4n) is 3.38. The van der Waals surface area contributed by atoms with Gasteiger partial charge in [0.25, 0.3) is 0 Å². The van der Waals surface area contributed by atoms with Gasteiger partial charge in [-0.2, -0.15) is 0 Å². The lowest BCUT2D eigenvalue weighted by molar-refractivity contribution is -0.132. The first kappa shape index (κ1) is 16.2. The van der Waals surface area contributed by atoms with E-state index in [4.69, 9.17) is 0 Å². The fraction of sp³-hybridized carbons (Fsp3) is 0.500. The molecule has 1 amide bonds. The van der Waals surface area contributed by atoms with Crippen LogP contribution in [0.25, 0.3) is 6.08 Å². The van der Waals surface area contributed by atoms with Gasteiger partial charge in [-0.25, -0.2) is 8.42 Å². The standard InChI is InChI=1S/C18H23NO3S/c20-18(13-17-8-11-23(21,22)14-17)19-9-6-16(7-10-19)12-15-4-2-1-3-5-15/h1-5,12,17H,6-11,13-14H2/t17-/m0/s1. The van der Waals surface area contributed by atoms with Crippen molar-refractivity contribution in [3.8, 4) is 0 Å². The summed E-state index contributed by atoms with van der Waals surface area (Å²) in [5.41, 5.74) is 2.59. The minimum atomic E-state index is -2.90. The minimum Gasteiger partial charge on any atom is -0.342 e. The molecule has 5 heteroatoms. The van der Waals surface area contributed by atoms with Gasteiger partial charge >= 0.3 is 0 Å². The van der Waals surface area contributed by atoms with Crippen LogP contribution in [0.3, 0.4) is 0 Å². The van der Waals surface area contributed by atoms with Gasteiger partial charge in [0.15, 0.2) is 9.84 Å². The van der Waals surface area contributed by atoms with Gasteiger partial charge in [-0.15, -0.1) is 0 Å². The molecular formula is C18H23NO3S. The van der Waals surface area contributed by atoms with E-state index >= 15 is 0 Å². The molecule has 0 aliphatic carbocycles. The average molecular weight is 333 g/mol. The number of hydrogen-bond acceptors (Lipinski definition) is 3. The molecule has 0 spiro atoms. The predicted molar refractivity (Wildman–Crippen MR) is 91.6 cm³/mol. The molecule has 2 aliphatic heterocycles. The summed E-state index contributed by atoms with van der Waals surface area (Å²) in [6, 6.07) is 10.2. The lowest BCUT2D eigenvalue weighted by Crippen LogP contribution is -2.37. The normalized spacial score (nSPS) is 23.7. The third-order valence-corrected chi connectivity index (χ3v) is 6.56. The van der Waals surface area contributed by atoms with Crippen molar-refractivity contribution in [1.82, 2.24) is 4.90 Å². The quantitative estimate of drug-likeness (QED) is 0.854. The zero-order valence-electron chi connectivity index (χ0n) is 13.3. The van der Waals surface area contributed by atoms with Gasteiger partial charge in [0.1, 0.15) is 0 Å². The number of carbonyl (C=O) groups is 1. The summed E-state index contributed by atoms with van der Waals surface area (Å²) < 4.78 is 23.0. The number of rotatable bonds is 3. The van der Waals surface area contributed by atoms with Crippen LogP contribution in [0, 0.1) is 5.92 Å². The number of piperidine rings is 1. The van der Waals surface area contributed by atoms with E-state index < -0.39 is 9.84 Å². The Bertz CT molecular complexity index is 684. The summed E-state index contributed by atoms with van der Waals surface area (Å²) in [4.78, 5) is 14.2. The van der Waals surface area contributed by atoms with E-state index in [2.05, 4.69) is 18.2 Å². The van der Waals surface area contributed by atoms with Crippen LogP contribution >= 0.6 is 0 Å². The second kappa shape index (κ2) is 6.87. The summed E-state index contributed by atoms with van der Waals surface area (Å²) in [5, 5.41) is 0. The van der Waals surface area contributed by atoms with E-state index in [0.717, 1.165) is 25.9 Å². The maximum absolute atomic E-state index is 12.3. The van der Waals surface area contributed by atoms with Gasteiger partial charge in [-0.05, 0) is 30.7 Å². The molecule has 1 aromatic carbocycles. The van der Waals surface area contributed by atoms with E-state index in [1.165, 1.54) is 11.1 Å². The Morgan fingerprint density at radius 3 is 2.48 bits per heavy atom. The first-order valence-electron chi connectivity index (χ1n) is 8.24. The largest absolute Gasteiger partial charge is 0.342 e. The van der Waals surface area contributed by atoms with Crippen LogP contribution in [0.5, 0.6) is 0 Å². The van der Waals surface area contributed by atoms with Crippen molar-refractivity contribution in [2.24, 2.45) is 5.92 Å². The van der Waals surface area contributed by atoms with Crippen LogP contribution in [-0.2, 0) is 14.6 Å². The highest BCUT2D eigenvalue weighted by Crippen LogP contribution is 2.25. The number of sulfone groups is 1. The summed E-state index contributed by atoms with van der Waals surface area (Å²) in [5.74, 6) is 0.570. The smallest absolute Gasteiger partial charge is 0.222 e. The van der Waals surface area contributed by atoms with Crippen LogP contribution in [0.15, 0.2) is 35.9 Å². The number of nitrogens with zero attached hydrogens (tertiary/aromatic N) is 1. The summed E-state index contributed by atoms with van der Waals surface area (Å²) in [6.07, 6.45) is 5.05. The lowest BCUT2D eigenvalue weighted by atomic mass is 9.99. The SMILES string of the molecule is O=C(C[C@@H]1CCS(=O)(=O)C1)N1CCC(=Cc2ccccc2)CC1. The average Bonchev–Trinajstić information content (AvgIpc) is 2.88. The number of likely N-dealkylation sites (tertiary alicyclic amines) is 1. The zero-order valence-corrected chi connectivity index (χ0v) is 14.1. The molecule has 124 valence electrons. The van der Waals surface area contributed by atoms with Gasteiger partial charge in [0.2, 0.25) is 5.91 Å². The van der Waals surface area contributed by atoms with Crippen molar-refractivity contribution in [3.63, 3.8) is 0 Å². The van der Waals surface area contributed by atoms with Crippen LogP contribution < -0.4 is 0 Å². The van der Waals surface area contributed by atoms with Crippen LogP contribution in [0.1, 0.15) is 31.2 Å². The second-order valence-corrected chi connectivity index (χ2v) is 8.80. The Kier molecular flexibility index (Phi) is 4.85. The molecule has 2 heterocycles. The Labute approximate surface area is 138 Å². The highest BCUT2D eigenvalue weighted by atomic mass is 32.2. The maximum atomic E-state index is 12.3. The van der Waals surface area contributed by atoms with Crippen molar-refractivity contribution in [2.45, 2.75) is 25.7 Å². The zero-order chi connectivity index (χ0) is 16.3. The lowest BCUT2D eigenvalue weighted by Gasteiger charge is -2.29. The third-order valence-electron chi connectivity index (χ3n) is 4.72. The Morgan fingerprint density at radius 1 is 1.17 bits per heavy atom. The number of amides is 1. The molecule has 2 aliphatic rings. The number of benzene rings is 1. The third kappa shape index (κ3) is 4.44. The fourth-order valence-corrected chi connectivity index (χ4v) is 5.24. The molecule has 0 radical (unpaired) electrons. The number of carbonyl (C=O) groups excluding carboxylic acids is 1. The minimum absolute atomic E-state index is 0.0220. The summed E-state index contributed by atoms with van der Waals surface area (Å²) in [6.45, 7) is 1.49. The topological polar surface area (TPSA) is 54.5 Å². The van der Waals surface area contributed by atoms with Crippen LogP contribution in [0.2, 0.25) is 0 Å². The van der Waals surface area contributed by atoms with Crippen molar-refractivity contribution in [2.75, 3.05) is 24.6 Å². The van der Waals surface area contributed by atoms with Gasteiger partial charge in [0, 0.05) is 19.5 Å². The van der Waals surface area contributed by atoms with E-state index in [1.54, 1.807) is 0 Å². The highest BCUT2D eigenvalue weighted by molar-refractivity contribution is 7.91. The molecule has 0 saturated carbocycles. The first-order valence-corrected chi connectivity index (χ1v) is 10.1. The van der Waals surface area contributed by atoms with Crippen LogP contribution in [0.4, 0.5) is 0 Å². The van der Waals surface area contributed by atoms with Crippen LogP contribution in [-0.4, -0.2) is 43.8 Å². The molecular weight excluding hydrogens is 310 g/mol. The Hall–Kier alpha value is -1.62. The van der Waals surface area contributed by atoms with E-state index in [9.17, 15) is 13.2 Å². The van der Waals surface area contributed by atoms with E-state index in [-0.39, 0.29) is 23.3 Å². The van der Waals surface area contributed by atoms with Gasteiger partial charge < -0.3 is 4.90 Å². The van der Waals surface area contributed by atoms with Gasteiger partial charge in [0.05, 0.1) is 11.5 Å². The molecule has 1 aromatic rings. The van der Waals surface area contributed by atoms with Crippen molar-refractivity contribution in [1.29, 1.82) is 0 Å². The van der Waals surface area contributed by atoms with Crippen molar-refractivity contribution in [3.05, 3.63) is 41.5 Å². The molecule has 0 aromatic heterocycles. The molecule has 1 atom stereocenters. The van der Waals surface area contributed by atoms with Crippen molar-refractivity contribution >= 4 is 21.8 Å². The molecule has 23 heavy (non-hydrogen) atoms. The van der Waals surface area contributed by atoms with Crippen molar-refractivity contribution < 1.29 is 13.2 Å². The number of hydrogen-bond donors (Lipinski definition) is 0. The monoisotopic (exact) mass is 333 g/mol. The van der Waals surface area contributed by atoms with E-state index in [0.29, 0.717) is 12.8 Å². The van der Waals surface area contributed by atoms with Gasteiger partial charge in [-0.1, -0.05) is 42.0 Å². The highest BCUT2D eigenvalue weighted by Gasteiger charge is 2.31. The molecule has 2 fully saturated rings. The molecule has 0 bridgehead atoms. The Balaban J connectivity index is 1.51. The molecule has 2 saturated heterocycles. The first-order chi connectivity index (χ1) is 11.0.